The third-order valence-corrected chi connectivity index (χ3v) is 4.48. The van der Waals surface area contributed by atoms with Gasteiger partial charge in [-0.25, -0.2) is 9.59 Å². The van der Waals surface area contributed by atoms with Crippen molar-refractivity contribution >= 4 is 17.6 Å². The van der Waals surface area contributed by atoms with Crippen molar-refractivity contribution in [3.05, 3.63) is 53.1 Å². The van der Waals surface area contributed by atoms with Crippen LogP contribution in [0.1, 0.15) is 30.4 Å². The second kappa shape index (κ2) is 8.78. The lowest BCUT2D eigenvalue weighted by atomic mass is 9.97. The zero-order valence-electron chi connectivity index (χ0n) is 15.3. The third-order valence-electron chi connectivity index (χ3n) is 4.48. The molecule has 0 bridgehead atoms. The molecule has 1 amide bonds. The van der Waals surface area contributed by atoms with Gasteiger partial charge in [0.2, 0.25) is 0 Å². The summed E-state index contributed by atoms with van der Waals surface area (Å²) in [6, 6.07) is 6.61. The normalized spacial score (nSPS) is 16.4. The van der Waals surface area contributed by atoms with Gasteiger partial charge in [0, 0.05) is 19.0 Å². The van der Waals surface area contributed by atoms with E-state index in [1.807, 2.05) is 43.3 Å². The lowest BCUT2D eigenvalue weighted by Gasteiger charge is -2.24. The number of aliphatic carboxylic acids is 1. The molecular weight excluding hydrogens is 342 g/mol. The first-order valence-corrected chi connectivity index (χ1v) is 8.44. The highest BCUT2D eigenvalue weighted by Crippen LogP contribution is 2.42. The lowest BCUT2D eigenvalue weighted by molar-refractivity contribution is -0.142. The number of ether oxygens (including phenoxy) is 1. The topological polar surface area (TPSA) is 66.8 Å². The minimum atomic E-state index is -1.18. The predicted octanol–water partition coefficient (Wildman–Crippen LogP) is 3.29. The number of nitrogens with zero attached hydrogens (tertiary/aromatic N) is 1. The molecule has 0 aromatic heterocycles. The van der Waals surface area contributed by atoms with E-state index in [-0.39, 0.29) is 18.9 Å². The monoisotopic (exact) mass is 363 g/mol. The molecule has 0 radical (unpaired) electrons. The molecule has 1 N–H and O–H groups in total. The van der Waals surface area contributed by atoms with E-state index >= 15 is 0 Å². The number of terminal acetylenes is 2. The Hall–Kier alpha value is -3.44. The summed E-state index contributed by atoms with van der Waals surface area (Å²) in [5.74, 6) is 3.52. The van der Waals surface area contributed by atoms with Crippen LogP contribution in [0, 0.1) is 24.7 Å². The molecule has 1 unspecified atom stereocenters. The van der Waals surface area contributed by atoms with Crippen molar-refractivity contribution in [3.63, 3.8) is 0 Å². The van der Waals surface area contributed by atoms with Crippen LogP contribution < -0.4 is 0 Å². The van der Waals surface area contributed by atoms with Gasteiger partial charge in [-0.2, -0.15) is 0 Å². The van der Waals surface area contributed by atoms with Crippen molar-refractivity contribution in [1.82, 2.24) is 4.90 Å². The number of amides is 1. The van der Waals surface area contributed by atoms with Gasteiger partial charge >= 0.3 is 12.1 Å². The number of allylic oxidation sites excluding steroid dienone is 3. The van der Waals surface area contributed by atoms with Crippen LogP contribution in [0.2, 0.25) is 0 Å². The van der Waals surface area contributed by atoms with Crippen molar-refractivity contribution in [2.75, 3.05) is 13.7 Å². The fraction of sp³-hybridized carbons (Fsp3) is 0.273. The number of fused-ring (bicyclic) bond motifs is 1. The predicted molar refractivity (Wildman–Crippen MR) is 104 cm³/mol. The Bertz CT molecular complexity index is 882. The average Bonchev–Trinajstić information content (AvgIpc) is 2.96. The van der Waals surface area contributed by atoms with Crippen molar-refractivity contribution in [3.8, 4) is 24.7 Å². The molecule has 0 saturated carbocycles. The lowest BCUT2D eigenvalue weighted by Crippen LogP contribution is -2.42. The SMILES string of the molecule is C#CC[C@@H](C(=O)O)N(C)C(=O)OCC1C(C#C)=C(/C=C\C)c2ccccc21. The van der Waals surface area contributed by atoms with E-state index in [0.29, 0.717) is 0 Å². The van der Waals surface area contributed by atoms with Gasteiger partial charge in [0.25, 0.3) is 0 Å². The second-order valence-electron chi connectivity index (χ2n) is 6.06. The number of hydrogen-bond donors (Lipinski definition) is 1. The summed E-state index contributed by atoms with van der Waals surface area (Å²) in [5, 5.41) is 9.22. The van der Waals surface area contributed by atoms with Crippen LogP contribution in [0.4, 0.5) is 4.79 Å². The van der Waals surface area contributed by atoms with Crippen LogP contribution in [0.3, 0.4) is 0 Å². The average molecular weight is 363 g/mol. The summed E-state index contributed by atoms with van der Waals surface area (Å²) in [4.78, 5) is 24.6. The first-order chi connectivity index (χ1) is 13.0. The Morgan fingerprint density at radius 3 is 2.67 bits per heavy atom. The summed E-state index contributed by atoms with van der Waals surface area (Å²) in [5.41, 5.74) is 3.66. The first kappa shape index (κ1) is 19.9. The van der Waals surface area contributed by atoms with Crippen LogP contribution in [-0.2, 0) is 9.53 Å². The molecule has 0 aliphatic heterocycles. The first-order valence-electron chi connectivity index (χ1n) is 8.44. The van der Waals surface area contributed by atoms with E-state index < -0.39 is 18.1 Å². The molecule has 0 spiro atoms. The summed E-state index contributed by atoms with van der Waals surface area (Å²) in [7, 11) is 1.35. The smallest absolute Gasteiger partial charge is 0.410 e. The number of hydrogen-bond acceptors (Lipinski definition) is 3. The maximum absolute atomic E-state index is 12.3. The molecule has 1 aromatic carbocycles. The van der Waals surface area contributed by atoms with Crippen LogP contribution in [0.5, 0.6) is 0 Å². The highest BCUT2D eigenvalue weighted by atomic mass is 16.6. The molecule has 1 aliphatic carbocycles. The van der Waals surface area contributed by atoms with Gasteiger partial charge in [-0.05, 0) is 23.6 Å². The van der Waals surface area contributed by atoms with Crippen molar-refractivity contribution in [1.29, 1.82) is 0 Å². The maximum atomic E-state index is 12.3. The molecule has 138 valence electrons. The fourth-order valence-corrected chi connectivity index (χ4v) is 3.12. The zero-order valence-corrected chi connectivity index (χ0v) is 15.3. The summed E-state index contributed by atoms with van der Waals surface area (Å²) >= 11 is 0. The Labute approximate surface area is 159 Å². The quantitative estimate of drug-likeness (QED) is 0.788. The van der Waals surface area contributed by atoms with Gasteiger partial charge < -0.3 is 9.84 Å². The molecule has 2 rings (SSSR count). The molecule has 1 aromatic rings. The minimum Gasteiger partial charge on any atom is -0.480 e. The molecule has 0 fully saturated rings. The highest BCUT2D eigenvalue weighted by molar-refractivity contribution is 5.87. The van der Waals surface area contributed by atoms with E-state index in [0.717, 1.165) is 27.2 Å². The summed E-state index contributed by atoms with van der Waals surface area (Å²) < 4.78 is 5.38. The van der Waals surface area contributed by atoms with Crippen LogP contribution in [0.15, 0.2) is 42.0 Å². The standard InChI is InChI=1S/C22H21NO4/c1-5-10-16-15(7-3)19(18-13-9-8-12-17(16)18)14-27-22(26)23(4)20(11-6-2)21(24)25/h2-3,5,8-10,12-13,19-20H,11,14H2,1,4H3,(H,24,25)/b10-5-/t19?,20-/m0/s1. The number of carboxylic acid groups (broad SMARTS) is 1. The summed E-state index contributed by atoms with van der Waals surface area (Å²) in [6.45, 7) is 1.92. The largest absolute Gasteiger partial charge is 0.480 e. The number of rotatable bonds is 6. The van der Waals surface area contributed by atoms with Crippen LogP contribution in [-0.4, -0.2) is 41.8 Å². The van der Waals surface area contributed by atoms with Gasteiger partial charge in [0.05, 0.1) is 5.92 Å². The molecule has 1 aliphatic rings. The van der Waals surface area contributed by atoms with E-state index in [1.165, 1.54) is 7.05 Å². The van der Waals surface area contributed by atoms with Crippen molar-refractivity contribution in [2.45, 2.75) is 25.3 Å². The Balaban J connectivity index is 2.22. The maximum Gasteiger partial charge on any atom is 0.410 e. The van der Waals surface area contributed by atoms with E-state index in [9.17, 15) is 14.7 Å². The van der Waals surface area contributed by atoms with E-state index in [2.05, 4.69) is 11.8 Å². The van der Waals surface area contributed by atoms with Gasteiger partial charge in [-0.15, -0.1) is 18.8 Å². The van der Waals surface area contributed by atoms with E-state index in [4.69, 9.17) is 17.6 Å². The fourth-order valence-electron chi connectivity index (χ4n) is 3.12. The Morgan fingerprint density at radius 1 is 1.37 bits per heavy atom. The second-order valence-corrected chi connectivity index (χ2v) is 6.06. The molecule has 27 heavy (non-hydrogen) atoms. The van der Waals surface area contributed by atoms with Gasteiger partial charge in [-0.1, -0.05) is 42.3 Å². The molecule has 2 atom stereocenters. The Kier molecular flexibility index (Phi) is 6.46. The molecule has 0 saturated heterocycles. The van der Waals surface area contributed by atoms with Gasteiger partial charge in [0.15, 0.2) is 0 Å². The van der Waals surface area contributed by atoms with Crippen molar-refractivity contribution < 1.29 is 19.4 Å². The van der Waals surface area contributed by atoms with Crippen LogP contribution >= 0.6 is 0 Å². The number of benzene rings is 1. The number of carbonyl (C=O) groups is 2. The number of likely N-dealkylation sites (N-methyl/N-ethyl adjacent to an activating group) is 1. The number of carboxylic acids is 1. The van der Waals surface area contributed by atoms with Crippen molar-refractivity contribution in [2.24, 2.45) is 0 Å². The summed E-state index contributed by atoms with van der Waals surface area (Å²) in [6.07, 6.45) is 13.9. The zero-order chi connectivity index (χ0) is 20.0. The number of carbonyl (C=O) groups excluding carboxylic acids is 1. The molecular formula is C22H21NO4. The van der Waals surface area contributed by atoms with Gasteiger partial charge in [0.1, 0.15) is 12.6 Å². The van der Waals surface area contributed by atoms with Gasteiger partial charge in [-0.3, -0.25) is 4.90 Å². The Morgan fingerprint density at radius 2 is 2.07 bits per heavy atom. The van der Waals surface area contributed by atoms with E-state index in [1.54, 1.807) is 0 Å². The highest BCUT2D eigenvalue weighted by Gasteiger charge is 2.32. The van der Waals surface area contributed by atoms with Crippen LogP contribution in [0.25, 0.3) is 5.57 Å². The molecule has 5 nitrogen and oxygen atoms in total. The minimum absolute atomic E-state index is 0.0170. The molecule has 0 heterocycles. The third kappa shape index (κ3) is 4.04. The molecule has 5 heteroatoms.